The molecule has 2 aromatic carbocycles. The third kappa shape index (κ3) is 5.12. The van der Waals surface area contributed by atoms with E-state index in [9.17, 15) is 13.6 Å². The van der Waals surface area contributed by atoms with Crippen molar-refractivity contribution in [1.82, 2.24) is 5.32 Å². The summed E-state index contributed by atoms with van der Waals surface area (Å²) in [5.74, 6) is 0.733. The number of carbonyl (C=O) groups excluding carboxylic acids is 1. The van der Waals surface area contributed by atoms with Crippen molar-refractivity contribution in [3.63, 3.8) is 0 Å². The van der Waals surface area contributed by atoms with E-state index in [4.69, 9.17) is 4.74 Å². The maximum atomic E-state index is 12.2. The maximum absolute atomic E-state index is 12.2. The molecule has 0 saturated heterocycles. The van der Waals surface area contributed by atoms with Crippen LogP contribution in [0, 0.1) is 0 Å². The number of methoxy groups -OCH3 is 1. The van der Waals surface area contributed by atoms with E-state index >= 15 is 0 Å². The Morgan fingerprint density at radius 3 is 2.42 bits per heavy atom. The summed E-state index contributed by atoms with van der Waals surface area (Å²) >= 11 is 0. The quantitative estimate of drug-likeness (QED) is 0.832. The summed E-state index contributed by atoms with van der Waals surface area (Å²) in [5.41, 5.74) is 1.26. The molecule has 0 aromatic heterocycles. The fourth-order valence-electron chi connectivity index (χ4n) is 2.08. The highest BCUT2D eigenvalue weighted by Crippen LogP contribution is 2.21. The van der Waals surface area contributed by atoms with E-state index in [0.29, 0.717) is 17.0 Å². The van der Waals surface area contributed by atoms with Crippen molar-refractivity contribution >= 4 is 11.7 Å². The van der Waals surface area contributed by atoms with Crippen LogP contribution in [0.15, 0.2) is 48.5 Å². The van der Waals surface area contributed by atoms with Gasteiger partial charge in [0.05, 0.1) is 13.2 Å². The van der Waals surface area contributed by atoms with E-state index in [1.165, 1.54) is 12.1 Å². The van der Waals surface area contributed by atoms with Gasteiger partial charge in [-0.2, -0.15) is 8.78 Å². The highest BCUT2D eigenvalue weighted by atomic mass is 19.3. The largest absolute Gasteiger partial charge is 0.497 e. The van der Waals surface area contributed by atoms with Gasteiger partial charge in [0.2, 0.25) is 0 Å². The van der Waals surface area contributed by atoms with Gasteiger partial charge in [0, 0.05) is 5.69 Å². The van der Waals surface area contributed by atoms with Gasteiger partial charge in [-0.05, 0) is 48.9 Å². The van der Waals surface area contributed by atoms with Gasteiger partial charge < -0.3 is 20.1 Å². The molecule has 0 saturated carbocycles. The molecule has 2 amide bonds. The SMILES string of the molecule is COc1ccc(NC(=O)NC(C)c2cccc(OC(F)F)c2)cc1. The maximum Gasteiger partial charge on any atom is 0.387 e. The molecule has 0 aliphatic rings. The predicted octanol–water partition coefficient (Wildman–Crippen LogP) is 4.18. The zero-order chi connectivity index (χ0) is 17.5. The zero-order valence-electron chi connectivity index (χ0n) is 13.3. The molecular formula is C17H18F2N2O3. The first-order valence-electron chi connectivity index (χ1n) is 7.24. The first kappa shape index (κ1) is 17.5. The van der Waals surface area contributed by atoms with Gasteiger partial charge in [-0.1, -0.05) is 12.1 Å². The molecule has 128 valence electrons. The zero-order valence-corrected chi connectivity index (χ0v) is 13.3. The van der Waals surface area contributed by atoms with Crippen LogP contribution in [0.3, 0.4) is 0 Å². The van der Waals surface area contributed by atoms with Crippen LogP contribution in [0.5, 0.6) is 11.5 Å². The molecule has 0 heterocycles. The number of carbonyl (C=O) groups is 1. The minimum atomic E-state index is -2.89. The van der Waals surface area contributed by atoms with E-state index in [0.717, 1.165) is 0 Å². The molecule has 7 heteroatoms. The Hall–Kier alpha value is -2.83. The van der Waals surface area contributed by atoms with Gasteiger partial charge in [0.25, 0.3) is 0 Å². The molecule has 1 atom stereocenters. The van der Waals surface area contributed by atoms with Crippen molar-refractivity contribution in [2.75, 3.05) is 12.4 Å². The lowest BCUT2D eigenvalue weighted by Gasteiger charge is -2.16. The van der Waals surface area contributed by atoms with Gasteiger partial charge >= 0.3 is 12.6 Å². The number of hydrogen-bond donors (Lipinski definition) is 2. The number of halogens is 2. The predicted molar refractivity (Wildman–Crippen MR) is 86.6 cm³/mol. The lowest BCUT2D eigenvalue weighted by Crippen LogP contribution is -2.31. The summed E-state index contributed by atoms with van der Waals surface area (Å²) < 4.78 is 33.9. The van der Waals surface area contributed by atoms with Crippen LogP contribution in [0.25, 0.3) is 0 Å². The van der Waals surface area contributed by atoms with Crippen LogP contribution in [0.1, 0.15) is 18.5 Å². The van der Waals surface area contributed by atoms with Crippen molar-refractivity contribution in [3.05, 3.63) is 54.1 Å². The first-order chi connectivity index (χ1) is 11.5. The lowest BCUT2D eigenvalue weighted by molar-refractivity contribution is -0.0499. The van der Waals surface area contributed by atoms with Crippen LogP contribution in [-0.2, 0) is 0 Å². The molecule has 0 aliphatic carbocycles. The van der Waals surface area contributed by atoms with Crippen molar-refractivity contribution in [3.8, 4) is 11.5 Å². The summed E-state index contributed by atoms with van der Waals surface area (Å²) in [7, 11) is 1.56. The molecule has 2 N–H and O–H groups in total. The van der Waals surface area contributed by atoms with E-state index < -0.39 is 12.6 Å². The fourth-order valence-corrected chi connectivity index (χ4v) is 2.08. The van der Waals surface area contributed by atoms with Crippen molar-refractivity contribution < 1.29 is 23.0 Å². The van der Waals surface area contributed by atoms with E-state index in [1.54, 1.807) is 50.4 Å². The summed E-state index contributed by atoms with van der Waals surface area (Å²) in [4.78, 5) is 12.0. The van der Waals surface area contributed by atoms with E-state index in [-0.39, 0.29) is 11.8 Å². The third-order valence-corrected chi connectivity index (χ3v) is 3.28. The summed E-state index contributed by atoms with van der Waals surface area (Å²) in [6, 6.07) is 12.3. The Morgan fingerprint density at radius 1 is 1.08 bits per heavy atom. The molecule has 2 rings (SSSR count). The number of nitrogens with one attached hydrogen (secondary N) is 2. The second-order valence-corrected chi connectivity index (χ2v) is 5.00. The number of anilines is 1. The number of rotatable bonds is 6. The molecule has 2 aromatic rings. The fraction of sp³-hybridized carbons (Fsp3) is 0.235. The third-order valence-electron chi connectivity index (χ3n) is 3.28. The normalized spacial score (nSPS) is 11.7. The van der Waals surface area contributed by atoms with Crippen molar-refractivity contribution in [2.45, 2.75) is 19.6 Å². The number of hydrogen-bond acceptors (Lipinski definition) is 3. The minimum absolute atomic E-state index is 0.0479. The average Bonchev–Trinajstić information content (AvgIpc) is 2.55. The topological polar surface area (TPSA) is 59.6 Å². The molecule has 0 aliphatic heterocycles. The first-order valence-corrected chi connectivity index (χ1v) is 7.24. The number of benzene rings is 2. The van der Waals surface area contributed by atoms with Gasteiger partial charge in [-0.15, -0.1) is 0 Å². The Kier molecular flexibility index (Phi) is 5.95. The number of ether oxygens (including phenoxy) is 2. The Labute approximate surface area is 138 Å². The molecule has 0 radical (unpaired) electrons. The van der Waals surface area contributed by atoms with E-state index in [2.05, 4.69) is 15.4 Å². The van der Waals surface area contributed by atoms with Gasteiger partial charge in [-0.25, -0.2) is 4.79 Å². The number of alkyl halides is 2. The Bertz CT molecular complexity index is 678. The highest BCUT2D eigenvalue weighted by Gasteiger charge is 2.12. The van der Waals surface area contributed by atoms with Gasteiger partial charge in [-0.3, -0.25) is 0 Å². The van der Waals surface area contributed by atoms with Crippen LogP contribution in [-0.4, -0.2) is 19.8 Å². The van der Waals surface area contributed by atoms with Crippen molar-refractivity contribution in [1.29, 1.82) is 0 Å². The molecule has 0 spiro atoms. The molecule has 24 heavy (non-hydrogen) atoms. The second-order valence-electron chi connectivity index (χ2n) is 5.00. The van der Waals surface area contributed by atoms with Crippen LogP contribution < -0.4 is 20.1 Å². The van der Waals surface area contributed by atoms with Crippen LogP contribution in [0.2, 0.25) is 0 Å². The standard InChI is InChI=1S/C17H18F2N2O3/c1-11(12-4-3-5-15(10-12)24-16(18)19)20-17(22)21-13-6-8-14(23-2)9-7-13/h3-11,16H,1-2H3,(H2,20,21,22). The highest BCUT2D eigenvalue weighted by molar-refractivity contribution is 5.89. The smallest absolute Gasteiger partial charge is 0.387 e. The number of urea groups is 1. The average molecular weight is 336 g/mol. The second kappa shape index (κ2) is 8.14. The van der Waals surface area contributed by atoms with Crippen molar-refractivity contribution in [2.24, 2.45) is 0 Å². The molecule has 0 bridgehead atoms. The van der Waals surface area contributed by atoms with Crippen LogP contribution in [0.4, 0.5) is 19.3 Å². The summed E-state index contributed by atoms with van der Waals surface area (Å²) in [6.45, 7) is -1.14. The molecule has 0 fully saturated rings. The lowest BCUT2D eigenvalue weighted by atomic mass is 10.1. The summed E-state index contributed by atoms with van der Waals surface area (Å²) in [5, 5.41) is 5.41. The van der Waals surface area contributed by atoms with E-state index in [1.807, 2.05) is 0 Å². The minimum Gasteiger partial charge on any atom is -0.497 e. The van der Waals surface area contributed by atoms with Crippen LogP contribution >= 0.6 is 0 Å². The molecule has 1 unspecified atom stereocenters. The molecular weight excluding hydrogens is 318 g/mol. The van der Waals surface area contributed by atoms with Gasteiger partial charge in [0.15, 0.2) is 0 Å². The number of amides is 2. The Balaban J connectivity index is 1.95. The monoisotopic (exact) mass is 336 g/mol. The van der Waals surface area contributed by atoms with Gasteiger partial charge in [0.1, 0.15) is 11.5 Å². The Morgan fingerprint density at radius 2 is 1.79 bits per heavy atom. The molecule has 5 nitrogen and oxygen atoms in total. The summed E-state index contributed by atoms with van der Waals surface area (Å²) in [6.07, 6.45) is 0.